The first kappa shape index (κ1) is 10.3. The van der Waals surface area contributed by atoms with Gasteiger partial charge in [0.15, 0.2) is 0 Å². The molecular formula is C12H17NO2. The van der Waals surface area contributed by atoms with Gasteiger partial charge in [0.05, 0.1) is 14.2 Å². The molecule has 0 bridgehead atoms. The van der Waals surface area contributed by atoms with Crippen molar-refractivity contribution in [3.05, 3.63) is 23.8 Å². The van der Waals surface area contributed by atoms with E-state index >= 15 is 0 Å². The molecule has 3 nitrogen and oxygen atoms in total. The Morgan fingerprint density at radius 3 is 2.27 bits per heavy atom. The Hall–Kier alpha value is -1.22. The second kappa shape index (κ2) is 4.53. The maximum absolute atomic E-state index is 5.25. The van der Waals surface area contributed by atoms with Crippen LogP contribution in [0.4, 0.5) is 0 Å². The minimum atomic E-state index is 0.453. The van der Waals surface area contributed by atoms with Crippen LogP contribution in [0.1, 0.15) is 24.4 Å². The van der Waals surface area contributed by atoms with Crippen molar-refractivity contribution >= 4 is 0 Å². The lowest BCUT2D eigenvalue weighted by Gasteiger charge is -2.13. The number of hydrogen-bond acceptors (Lipinski definition) is 3. The minimum absolute atomic E-state index is 0.453. The van der Waals surface area contributed by atoms with Gasteiger partial charge in [0.1, 0.15) is 11.5 Å². The Morgan fingerprint density at radius 1 is 1.13 bits per heavy atom. The zero-order valence-corrected chi connectivity index (χ0v) is 9.25. The van der Waals surface area contributed by atoms with Crippen LogP contribution >= 0.6 is 0 Å². The molecule has 1 aromatic carbocycles. The van der Waals surface area contributed by atoms with Gasteiger partial charge in [0.25, 0.3) is 0 Å². The second-order valence-electron chi connectivity index (χ2n) is 3.79. The lowest BCUT2D eigenvalue weighted by atomic mass is 10.0. The predicted molar refractivity (Wildman–Crippen MR) is 59.5 cm³/mol. The fourth-order valence-electron chi connectivity index (χ4n) is 2.00. The fourth-order valence-corrected chi connectivity index (χ4v) is 2.00. The first-order valence-electron chi connectivity index (χ1n) is 5.30. The molecule has 15 heavy (non-hydrogen) atoms. The molecule has 1 saturated heterocycles. The van der Waals surface area contributed by atoms with Crippen molar-refractivity contribution in [2.75, 3.05) is 20.8 Å². The topological polar surface area (TPSA) is 30.5 Å². The van der Waals surface area contributed by atoms with Gasteiger partial charge in [-0.05, 0) is 37.1 Å². The molecule has 1 aromatic rings. The SMILES string of the molecule is COc1cc(OC)cc([C@@H]2CCCN2)c1. The molecule has 0 unspecified atom stereocenters. The molecule has 0 radical (unpaired) electrons. The molecule has 0 aromatic heterocycles. The van der Waals surface area contributed by atoms with Crippen molar-refractivity contribution in [3.8, 4) is 11.5 Å². The summed E-state index contributed by atoms with van der Waals surface area (Å²) in [4.78, 5) is 0. The summed E-state index contributed by atoms with van der Waals surface area (Å²) in [5.74, 6) is 1.72. The zero-order valence-electron chi connectivity index (χ0n) is 9.25. The number of hydrogen-bond donors (Lipinski definition) is 1. The average molecular weight is 207 g/mol. The summed E-state index contributed by atoms with van der Waals surface area (Å²) < 4.78 is 10.5. The van der Waals surface area contributed by atoms with Crippen molar-refractivity contribution in [2.45, 2.75) is 18.9 Å². The summed E-state index contributed by atoms with van der Waals surface area (Å²) in [6.45, 7) is 1.10. The van der Waals surface area contributed by atoms with Gasteiger partial charge in [-0.2, -0.15) is 0 Å². The van der Waals surface area contributed by atoms with Crippen molar-refractivity contribution in [1.29, 1.82) is 0 Å². The van der Waals surface area contributed by atoms with Gasteiger partial charge in [-0.3, -0.25) is 0 Å². The lowest BCUT2D eigenvalue weighted by Crippen LogP contribution is -2.12. The predicted octanol–water partition coefficient (Wildman–Crippen LogP) is 2.13. The molecule has 0 aliphatic carbocycles. The molecule has 2 rings (SSSR count). The summed E-state index contributed by atoms with van der Waals surface area (Å²) in [7, 11) is 3.36. The van der Waals surface area contributed by atoms with Gasteiger partial charge in [-0.1, -0.05) is 0 Å². The third-order valence-electron chi connectivity index (χ3n) is 2.84. The highest BCUT2D eigenvalue weighted by Crippen LogP contribution is 2.30. The maximum Gasteiger partial charge on any atom is 0.122 e. The van der Waals surface area contributed by atoms with Crippen molar-refractivity contribution in [3.63, 3.8) is 0 Å². The molecule has 1 N–H and O–H groups in total. The number of benzene rings is 1. The maximum atomic E-state index is 5.25. The Bertz CT molecular complexity index is 310. The molecule has 1 atom stereocenters. The van der Waals surface area contributed by atoms with E-state index in [9.17, 15) is 0 Å². The van der Waals surface area contributed by atoms with Crippen LogP contribution in [0.5, 0.6) is 11.5 Å². The Labute approximate surface area is 90.4 Å². The first-order chi connectivity index (χ1) is 7.33. The highest BCUT2D eigenvalue weighted by Gasteiger charge is 2.17. The van der Waals surface area contributed by atoms with Crippen LogP contribution in [0, 0.1) is 0 Å². The molecule has 1 heterocycles. The molecule has 82 valence electrons. The van der Waals surface area contributed by atoms with E-state index in [1.54, 1.807) is 14.2 Å². The van der Waals surface area contributed by atoms with E-state index in [0.717, 1.165) is 18.0 Å². The van der Waals surface area contributed by atoms with E-state index in [2.05, 4.69) is 17.4 Å². The number of rotatable bonds is 3. The molecule has 1 aliphatic heterocycles. The number of ether oxygens (including phenoxy) is 2. The van der Waals surface area contributed by atoms with Crippen LogP contribution in [-0.2, 0) is 0 Å². The molecule has 0 saturated carbocycles. The largest absolute Gasteiger partial charge is 0.497 e. The van der Waals surface area contributed by atoms with E-state index in [1.165, 1.54) is 18.4 Å². The van der Waals surface area contributed by atoms with Crippen LogP contribution in [0.2, 0.25) is 0 Å². The summed E-state index contributed by atoms with van der Waals surface area (Å²) in [5.41, 5.74) is 1.25. The van der Waals surface area contributed by atoms with E-state index in [1.807, 2.05) is 6.07 Å². The van der Waals surface area contributed by atoms with Gasteiger partial charge in [0, 0.05) is 12.1 Å². The van der Waals surface area contributed by atoms with Crippen LogP contribution in [0.15, 0.2) is 18.2 Å². The summed E-state index contributed by atoms with van der Waals surface area (Å²) >= 11 is 0. The van der Waals surface area contributed by atoms with Crippen molar-refractivity contribution in [2.24, 2.45) is 0 Å². The summed E-state index contributed by atoms with van der Waals surface area (Å²) in [5, 5.41) is 3.46. The molecule has 0 amide bonds. The summed E-state index contributed by atoms with van der Waals surface area (Å²) in [6.07, 6.45) is 2.43. The van der Waals surface area contributed by atoms with Crippen LogP contribution in [0.25, 0.3) is 0 Å². The second-order valence-corrected chi connectivity index (χ2v) is 3.79. The first-order valence-corrected chi connectivity index (χ1v) is 5.30. The third kappa shape index (κ3) is 2.23. The van der Waals surface area contributed by atoms with E-state index in [-0.39, 0.29) is 0 Å². The van der Waals surface area contributed by atoms with Gasteiger partial charge >= 0.3 is 0 Å². The smallest absolute Gasteiger partial charge is 0.122 e. The lowest BCUT2D eigenvalue weighted by molar-refractivity contribution is 0.392. The van der Waals surface area contributed by atoms with Crippen molar-refractivity contribution in [1.82, 2.24) is 5.32 Å². The Kier molecular flexibility index (Phi) is 3.11. The van der Waals surface area contributed by atoms with Gasteiger partial charge in [-0.25, -0.2) is 0 Å². The van der Waals surface area contributed by atoms with Crippen LogP contribution in [-0.4, -0.2) is 20.8 Å². The minimum Gasteiger partial charge on any atom is -0.497 e. The highest BCUT2D eigenvalue weighted by atomic mass is 16.5. The highest BCUT2D eigenvalue weighted by molar-refractivity contribution is 5.40. The van der Waals surface area contributed by atoms with E-state index in [0.29, 0.717) is 6.04 Å². The molecule has 0 spiro atoms. The molecule has 1 fully saturated rings. The van der Waals surface area contributed by atoms with Crippen molar-refractivity contribution < 1.29 is 9.47 Å². The average Bonchev–Trinajstić information content (AvgIpc) is 2.81. The quantitative estimate of drug-likeness (QED) is 0.823. The number of nitrogens with one attached hydrogen (secondary N) is 1. The van der Waals surface area contributed by atoms with Gasteiger partial charge < -0.3 is 14.8 Å². The van der Waals surface area contributed by atoms with Crippen LogP contribution < -0.4 is 14.8 Å². The van der Waals surface area contributed by atoms with E-state index in [4.69, 9.17) is 9.47 Å². The molecule has 3 heteroatoms. The Morgan fingerprint density at radius 2 is 1.80 bits per heavy atom. The molecule has 1 aliphatic rings. The normalized spacial score (nSPS) is 20.3. The standard InChI is InChI=1S/C12H17NO2/c1-14-10-6-9(7-11(8-10)15-2)12-4-3-5-13-12/h6-8,12-13H,3-5H2,1-2H3/t12-/m0/s1. The molecular weight excluding hydrogens is 190 g/mol. The van der Waals surface area contributed by atoms with Gasteiger partial charge in [0.2, 0.25) is 0 Å². The van der Waals surface area contributed by atoms with Crippen LogP contribution in [0.3, 0.4) is 0 Å². The monoisotopic (exact) mass is 207 g/mol. The third-order valence-corrected chi connectivity index (χ3v) is 2.84. The zero-order chi connectivity index (χ0) is 10.7. The Balaban J connectivity index is 2.28. The number of methoxy groups -OCH3 is 2. The fraction of sp³-hybridized carbons (Fsp3) is 0.500. The summed E-state index contributed by atoms with van der Waals surface area (Å²) in [6, 6.07) is 6.50. The van der Waals surface area contributed by atoms with Gasteiger partial charge in [-0.15, -0.1) is 0 Å². The van der Waals surface area contributed by atoms with E-state index < -0.39 is 0 Å².